The second-order valence-corrected chi connectivity index (χ2v) is 9.11. The van der Waals surface area contributed by atoms with Gasteiger partial charge in [-0.3, -0.25) is 4.79 Å². The highest BCUT2D eigenvalue weighted by Gasteiger charge is 2.22. The summed E-state index contributed by atoms with van der Waals surface area (Å²) in [5.41, 5.74) is 5.23. The van der Waals surface area contributed by atoms with Crippen LogP contribution in [0.2, 0.25) is 0 Å². The van der Waals surface area contributed by atoms with Crippen LogP contribution in [-0.2, 0) is 11.8 Å². The third-order valence-electron chi connectivity index (χ3n) is 5.05. The summed E-state index contributed by atoms with van der Waals surface area (Å²) in [6.45, 7) is 7.22. The van der Waals surface area contributed by atoms with Crippen molar-refractivity contribution in [1.82, 2.24) is 15.3 Å². The number of hydrogen-bond acceptors (Lipinski definition) is 1. The van der Waals surface area contributed by atoms with E-state index in [1.807, 2.05) is 30.3 Å². The van der Waals surface area contributed by atoms with Gasteiger partial charge in [-0.2, -0.15) is 0 Å². The summed E-state index contributed by atoms with van der Waals surface area (Å²) in [7, 11) is 0. The van der Waals surface area contributed by atoms with Gasteiger partial charge in [0.25, 0.3) is 5.91 Å². The second kappa shape index (κ2) is 7.13. The van der Waals surface area contributed by atoms with Crippen LogP contribution in [0.1, 0.15) is 42.5 Å². The summed E-state index contributed by atoms with van der Waals surface area (Å²) in [5.74, 6) is -0.0792. The smallest absolute Gasteiger partial charge is 0.267 e. The topological polar surface area (TPSA) is 60.7 Å². The zero-order valence-corrected chi connectivity index (χ0v) is 17.9. The third kappa shape index (κ3) is 3.59. The van der Waals surface area contributed by atoms with Gasteiger partial charge < -0.3 is 15.3 Å². The fourth-order valence-electron chi connectivity index (χ4n) is 3.72. The molecule has 0 fully saturated rings. The van der Waals surface area contributed by atoms with E-state index in [1.165, 1.54) is 16.6 Å². The molecule has 0 atom stereocenters. The number of carbonyl (C=O) groups is 1. The molecule has 0 saturated carbocycles. The van der Waals surface area contributed by atoms with Crippen LogP contribution in [-0.4, -0.2) is 22.4 Å². The zero-order chi connectivity index (χ0) is 19.9. The normalized spacial score (nSPS) is 12.0. The number of fused-ring (bicyclic) bond motifs is 2. The predicted molar refractivity (Wildman–Crippen MR) is 119 cm³/mol. The minimum atomic E-state index is -0.0792. The van der Waals surface area contributed by atoms with Crippen molar-refractivity contribution in [2.75, 3.05) is 6.54 Å². The highest BCUT2D eigenvalue weighted by molar-refractivity contribution is 9.10. The molecule has 3 N–H and O–H groups in total. The lowest BCUT2D eigenvalue weighted by Crippen LogP contribution is -2.26. The summed E-state index contributed by atoms with van der Waals surface area (Å²) in [6, 6.07) is 16.2. The van der Waals surface area contributed by atoms with Crippen LogP contribution in [0.3, 0.4) is 0 Å². The van der Waals surface area contributed by atoms with E-state index in [0.717, 1.165) is 27.3 Å². The Kier molecular flexibility index (Phi) is 4.79. The largest absolute Gasteiger partial charge is 0.358 e. The summed E-state index contributed by atoms with van der Waals surface area (Å²) >= 11 is 3.47. The van der Waals surface area contributed by atoms with Crippen LogP contribution in [0.4, 0.5) is 0 Å². The maximum atomic E-state index is 12.6. The van der Waals surface area contributed by atoms with Gasteiger partial charge in [0.1, 0.15) is 5.69 Å². The van der Waals surface area contributed by atoms with Gasteiger partial charge in [-0.05, 0) is 42.3 Å². The SMILES string of the molecule is CC(C)(C)c1[nH]c2ccccc2c1CCNC(=O)c1cc2cc(Br)ccc2[nH]1. The Hall–Kier alpha value is -2.53. The lowest BCUT2D eigenvalue weighted by atomic mass is 9.88. The fourth-order valence-corrected chi connectivity index (χ4v) is 4.10. The van der Waals surface area contributed by atoms with E-state index in [0.29, 0.717) is 12.2 Å². The molecule has 0 radical (unpaired) electrons. The number of H-pyrrole nitrogens is 2. The molecule has 4 nitrogen and oxygen atoms in total. The van der Waals surface area contributed by atoms with E-state index < -0.39 is 0 Å². The first-order valence-electron chi connectivity index (χ1n) is 9.49. The van der Waals surface area contributed by atoms with Crippen LogP contribution in [0.5, 0.6) is 0 Å². The standard InChI is InChI=1S/C23H24BrN3O/c1-23(2,3)21-17(16-6-4-5-7-19(16)27-21)10-11-25-22(28)20-13-14-12-15(24)8-9-18(14)26-20/h4-9,12-13,26-27H,10-11H2,1-3H3,(H,25,28). The molecular weight excluding hydrogens is 414 g/mol. The predicted octanol–water partition coefficient (Wildman–Crippen LogP) is 5.68. The number of para-hydroxylation sites is 1. The molecule has 0 bridgehead atoms. The number of carbonyl (C=O) groups excluding carboxylic acids is 1. The maximum Gasteiger partial charge on any atom is 0.267 e. The van der Waals surface area contributed by atoms with Crippen molar-refractivity contribution >= 4 is 43.6 Å². The van der Waals surface area contributed by atoms with Crippen molar-refractivity contribution in [3.63, 3.8) is 0 Å². The lowest BCUT2D eigenvalue weighted by molar-refractivity contribution is 0.0950. The lowest BCUT2D eigenvalue weighted by Gasteiger charge is -2.19. The molecule has 0 aliphatic rings. The van der Waals surface area contributed by atoms with Crippen LogP contribution >= 0.6 is 15.9 Å². The van der Waals surface area contributed by atoms with E-state index >= 15 is 0 Å². The van der Waals surface area contributed by atoms with Crippen molar-refractivity contribution in [3.8, 4) is 0 Å². The van der Waals surface area contributed by atoms with Gasteiger partial charge in [-0.15, -0.1) is 0 Å². The number of nitrogens with one attached hydrogen (secondary N) is 3. The van der Waals surface area contributed by atoms with Gasteiger partial charge in [-0.1, -0.05) is 54.9 Å². The van der Waals surface area contributed by atoms with Crippen LogP contribution in [0, 0.1) is 0 Å². The summed E-state index contributed by atoms with van der Waals surface area (Å²) in [6.07, 6.45) is 0.786. The number of hydrogen-bond donors (Lipinski definition) is 3. The fraction of sp³-hybridized carbons (Fsp3) is 0.261. The van der Waals surface area contributed by atoms with Crippen molar-refractivity contribution in [2.24, 2.45) is 0 Å². The number of benzene rings is 2. The number of aromatic amines is 2. The van der Waals surface area contributed by atoms with Gasteiger partial charge in [0, 0.05) is 43.9 Å². The van der Waals surface area contributed by atoms with Gasteiger partial charge in [0.05, 0.1) is 0 Å². The maximum absolute atomic E-state index is 12.6. The van der Waals surface area contributed by atoms with Crippen molar-refractivity contribution in [1.29, 1.82) is 0 Å². The first kappa shape index (κ1) is 18.8. The summed E-state index contributed by atoms with van der Waals surface area (Å²) in [4.78, 5) is 19.4. The van der Waals surface area contributed by atoms with Gasteiger partial charge in [0.15, 0.2) is 0 Å². The van der Waals surface area contributed by atoms with Crippen LogP contribution < -0.4 is 5.32 Å². The molecule has 2 aromatic heterocycles. The molecule has 0 aliphatic carbocycles. The Morgan fingerprint density at radius 3 is 2.61 bits per heavy atom. The molecule has 0 aliphatic heterocycles. The molecule has 2 aromatic carbocycles. The molecule has 4 rings (SSSR count). The van der Waals surface area contributed by atoms with Gasteiger partial charge >= 0.3 is 0 Å². The molecule has 0 spiro atoms. The van der Waals surface area contributed by atoms with E-state index in [-0.39, 0.29) is 11.3 Å². The van der Waals surface area contributed by atoms with E-state index in [1.54, 1.807) is 0 Å². The Morgan fingerprint density at radius 2 is 1.82 bits per heavy atom. The number of amides is 1. The highest BCUT2D eigenvalue weighted by atomic mass is 79.9. The zero-order valence-electron chi connectivity index (χ0n) is 16.3. The van der Waals surface area contributed by atoms with Crippen LogP contribution in [0.15, 0.2) is 53.0 Å². The molecule has 1 amide bonds. The molecule has 0 saturated heterocycles. The molecule has 5 heteroatoms. The molecule has 28 heavy (non-hydrogen) atoms. The van der Waals surface area contributed by atoms with E-state index in [2.05, 4.69) is 70.2 Å². The average molecular weight is 438 g/mol. The van der Waals surface area contributed by atoms with E-state index in [4.69, 9.17) is 0 Å². The number of rotatable bonds is 4. The Morgan fingerprint density at radius 1 is 1.04 bits per heavy atom. The van der Waals surface area contributed by atoms with Crippen molar-refractivity contribution in [2.45, 2.75) is 32.6 Å². The van der Waals surface area contributed by atoms with Crippen molar-refractivity contribution < 1.29 is 4.79 Å². The average Bonchev–Trinajstić information content (AvgIpc) is 3.23. The molecular formula is C23H24BrN3O. The van der Waals surface area contributed by atoms with Crippen molar-refractivity contribution in [3.05, 3.63) is 70.0 Å². The molecule has 4 aromatic rings. The minimum Gasteiger partial charge on any atom is -0.358 e. The first-order chi connectivity index (χ1) is 13.3. The van der Waals surface area contributed by atoms with E-state index in [9.17, 15) is 4.79 Å². The molecule has 2 heterocycles. The monoisotopic (exact) mass is 437 g/mol. The second-order valence-electron chi connectivity index (χ2n) is 8.19. The molecule has 144 valence electrons. The molecule has 0 unspecified atom stereocenters. The Labute approximate surface area is 172 Å². The number of aromatic nitrogens is 2. The Bertz CT molecular complexity index is 1160. The van der Waals surface area contributed by atoms with Gasteiger partial charge in [-0.25, -0.2) is 0 Å². The third-order valence-corrected chi connectivity index (χ3v) is 5.54. The summed E-state index contributed by atoms with van der Waals surface area (Å²) < 4.78 is 1.00. The summed E-state index contributed by atoms with van der Waals surface area (Å²) in [5, 5.41) is 5.31. The quantitative estimate of drug-likeness (QED) is 0.377. The van der Waals surface area contributed by atoms with Gasteiger partial charge in [0.2, 0.25) is 0 Å². The minimum absolute atomic E-state index is 0.0168. The first-order valence-corrected chi connectivity index (χ1v) is 10.3. The Balaban J connectivity index is 1.52. The highest BCUT2D eigenvalue weighted by Crippen LogP contribution is 2.31. The van der Waals surface area contributed by atoms with Crippen LogP contribution in [0.25, 0.3) is 21.8 Å². The number of halogens is 1.